The first-order valence-electron chi connectivity index (χ1n) is 6.80. The summed E-state index contributed by atoms with van der Waals surface area (Å²) < 4.78 is 0. The number of halogens is 1. The van der Waals surface area contributed by atoms with E-state index in [-0.39, 0.29) is 5.91 Å². The molecule has 1 heterocycles. The Kier molecular flexibility index (Phi) is 5.17. The number of benzene rings is 1. The van der Waals surface area contributed by atoms with Gasteiger partial charge >= 0.3 is 5.97 Å². The second-order valence-electron chi connectivity index (χ2n) is 5.48. The molecule has 1 aromatic carbocycles. The van der Waals surface area contributed by atoms with Crippen molar-refractivity contribution in [2.75, 3.05) is 18.8 Å². The third-order valence-corrected chi connectivity index (χ3v) is 5.01. The fraction of sp³-hybridized carbons (Fsp3) is 0.467. The third kappa shape index (κ3) is 4.14. The Balaban J connectivity index is 1.78. The monoisotopic (exact) mass is 327 g/mol. The van der Waals surface area contributed by atoms with Crippen LogP contribution in [-0.4, -0.2) is 40.7 Å². The van der Waals surface area contributed by atoms with Gasteiger partial charge in [-0.05, 0) is 37.6 Å². The van der Waals surface area contributed by atoms with Crippen LogP contribution in [0.25, 0.3) is 0 Å². The molecule has 6 heteroatoms. The molecule has 1 aliphatic heterocycles. The molecule has 1 atom stereocenters. The molecular weight excluding hydrogens is 310 g/mol. The molecule has 1 aromatic rings. The number of hydrogen-bond donors (Lipinski definition) is 1. The maximum absolute atomic E-state index is 12.1. The van der Waals surface area contributed by atoms with E-state index >= 15 is 0 Å². The molecule has 1 N–H and O–H groups in total. The number of likely N-dealkylation sites (tertiary alicyclic amines) is 1. The van der Waals surface area contributed by atoms with Crippen molar-refractivity contribution in [3.05, 3.63) is 29.3 Å². The Bertz CT molecular complexity index is 534. The third-order valence-electron chi connectivity index (χ3n) is 3.74. The van der Waals surface area contributed by atoms with Gasteiger partial charge < -0.3 is 10.0 Å². The van der Waals surface area contributed by atoms with E-state index in [4.69, 9.17) is 16.7 Å². The molecule has 0 aromatic heterocycles. The first kappa shape index (κ1) is 16.2. The summed E-state index contributed by atoms with van der Waals surface area (Å²) in [6.07, 6.45) is 0.946. The van der Waals surface area contributed by atoms with Crippen LogP contribution in [0, 0.1) is 5.41 Å². The number of thioether (sulfide) groups is 1. The van der Waals surface area contributed by atoms with Crippen LogP contribution in [0.3, 0.4) is 0 Å². The number of carboxylic acids is 1. The Hall–Kier alpha value is -1.20. The second kappa shape index (κ2) is 6.71. The number of amides is 1. The highest BCUT2D eigenvalue weighted by Crippen LogP contribution is 2.30. The van der Waals surface area contributed by atoms with Crippen LogP contribution in [0.5, 0.6) is 0 Å². The first-order valence-corrected chi connectivity index (χ1v) is 8.17. The van der Waals surface area contributed by atoms with Crippen LogP contribution in [0.1, 0.15) is 19.8 Å². The Morgan fingerprint density at radius 3 is 2.62 bits per heavy atom. The molecule has 0 saturated carbocycles. The Labute approximate surface area is 133 Å². The minimum atomic E-state index is -0.826. The molecule has 0 bridgehead atoms. The average Bonchev–Trinajstić information content (AvgIpc) is 2.85. The van der Waals surface area contributed by atoms with E-state index in [1.54, 1.807) is 23.6 Å². The van der Waals surface area contributed by atoms with E-state index in [0.29, 0.717) is 36.7 Å². The van der Waals surface area contributed by atoms with Crippen molar-refractivity contribution < 1.29 is 14.7 Å². The normalized spacial score (nSPS) is 21.5. The van der Waals surface area contributed by atoms with Gasteiger partial charge in [0.05, 0.1) is 5.41 Å². The molecule has 0 aliphatic carbocycles. The van der Waals surface area contributed by atoms with Gasteiger partial charge in [0.2, 0.25) is 5.91 Å². The molecule has 21 heavy (non-hydrogen) atoms. The zero-order valence-electron chi connectivity index (χ0n) is 11.8. The summed E-state index contributed by atoms with van der Waals surface area (Å²) in [5, 5.41) is 9.86. The number of rotatable bonds is 5. The van der Waals surface area contributed by atoms with E-state index in [9.17, 15) is 9.59 Å². The summed E-state index contributed by atoms with van der Waals surface area (Å²) in [6.45, 7) is 2.55. The molecule has 4 nitrogen and oxygen atoms in total. The second-order valence-corrected chi connectivity index (χ2v) is 7.09. The van der Waals surface area contributed by atoms with Gasteiger partial charge in [-0.3, -0.25) is 9.59 Å². The van der Waals surface area contributed by atoms with E-state index < -0.39 is 11.4 Å². The zero-order chi connectivity index (χ0) is 15.5. The fourth-order valence-electron chi connectivity index (χ4n) is 2.29. The largest absolute Gasteiger partial charge is 0.481 e. The number of nitrogens with zero attached hydrogens (tertiary/aromatic N) is 1. The molecule has 114 valence electrons. The predicted molar refractivity (Wildman–Crippen MR) is 83.7 cm³/mol. The van der Waals surface area contributed by atoms with Gasteiger partial charge in [0.15, 0.2) is 0 Å². The first-order chi connectivity index (χ1) is 9.90. The zero-order valence-corrected chi connectivity index (χ0v) is 13.4. The summed E-state index contributed by atoms with van der Waals surface area (Å²) in [7, 11) is 0. The average molecular weight is 328 g/mol. The molecule has 2 rings (SSSR count). The summed E-state index contributed by atoms with van der Waals surface area (Å²) in [4.78, 5) is 26.0. The number of carbonyl (C=O) groups excluding carboxylic acids is 1. The smallest absolute Gasteiger partial charge is 0.311 e. The van der Waals surface area contributed by atoms with Crippen molar-refractivity contribution in [1.29, 1.82) is 0 Å². The molecule has 1 fully saturated rings. The van der Waals surface area contributed by atoms with Crippen LogP contribution in [-0.2, 0) is 9.59 Å². The maximum atomic E-state index is 12.1. The lowest BCUT2D eigenvalue weighted by molar-refractivity contribution is -0.147. The molecule has 1 unspecified atom stereocenters. The van der Waals surface area contributed by atoms with Crippen molar-refractivity contribution in [3.8, 4) is 0 Å². The van der Waals surface area contributed by atoms with Crippen molar-refractivity contribution in [2.24, 2.45) is 5.41 Å². The standard InChI is InChI=1S/C15H18ClNO3S/c1-15(14(19)20)7-8-17(10-15)13(18)6-9-21-12-4-2-11(16)3-5-12/h2-5H,6-10H2,1H3,(H,19,20). The minimum absolute atomic E-state index is 0.0291. The van der Waals surface area contributed by atoms with Gasteiger partial charge in [-0.25, -0.2) is 0 Å². The lowest BCUT2D eigenvalue weighted by Crippen LogP contribution is -2.34. The summed E-state index contributed by atoms with van der Waals surface area (Å²) in [5.74, 6) is -0.115. The Morgan fingerprint density at radius 2 is 2.05 bits per heavy atom. The van der Waals surface area contributed by atoms with Gasteiger partial charge in [-0.2, -0.15) is 0 Å². The summed E-state index contributed by atoms with van der Waals surface area (Å²) in [6, 6.07) is 7.50. The van der Waals surface area contributed by atoms with Crippen molar-refractivity contribution in [3.63, 3.8) is 0 Å². The molecule has 1 aliphatic rings. The lowest BCUT2D eigenvalue weighted by Gasteiger charge is -2.20. The minimum Gasteiger partial charge on any atom is -0.481 e. The van der Waals surface area contributed by atoms with Crippen LogP contribution in [0.15, 0.2) is 29.2 Å². The van der Waals surface area contributed by atoms with Gasteiger partial charge in [0.1, 0.15) is 0 Å². The fourth-order valence-corrected chi connectivity index (χ4v) is 3.26. The number of carboxylic acid groups (broad SMARTS) is 1. The predicted octanol–water partition coefficient (Wildman–Crippen LogP) is 3.15. The van der Waals surface area contributed by atoms with Crippen LogP contribution >= 0.6 is 23.4 Å². The molecule has 0 spiro atoms. The number of hydrogen-bond acceptors (Lipinski definition) is 3. The number of carbonyl (C=O) groups is 2. The van der Waals surface area contributed by atoms with Gasteiger partial charge in [-0.1, -0.05) is 11.6 Å². The van der Waals surface area contributed by atoms with Crippen LogP contribution in [0.4, 0.5) is 0 Å². The van der Waals surface area contributed by atoms with Crippen molar-refractivity contribution in [2.45, 2.75) is 24.7 Å². The summed E-state index contributed by atoms with van der Waals surface area (Å²) in [5.41, 5.74) is -0.793. The van der Waals surface area contributed by atoms with Gasteiger partial charge in [0, 0.05) is 35.2 Å². The maximum Gasteiger partial charge on any atom is 0.311 e. The summed E-state index contributed by atoms with van der Waals surface area (Å²) >= 11 is 7.42. The molecule has 0 radical (unpaired) electrons. The molecule has 1 amide bonds. The van der Waals surface area contributed by atoms with Crippen LogP contribution < -0.4 is 0 Å². The molecule has 1 saturated heterocycles. The van der Waals surface area contributed by atoms with E-state index in [1.807, 2.05) is 24.3 Å². The highest BCUT2D eigenvalue weighted by atomic mass is 35.5. The van der Waals surface area contributed by atoms with E-state index in [0.717, 1.165) is 4.90 Å². The highest BCUT2D eigenvalue weighted by Gasteiger charge is 2.41. The van der Waals surface area contributed by atoms with Gasteiger partial charge in [0.25, 0.3) is 0 Å². The lowest BCUT2D eigenvalue weighted by atomic mass is 9.90. The highest BCUT2D eigenvalue weighted by molar-refractivity contribution is 7.99. The SMILES string of the molecule is CC1(C(=O)O)CCN(C(=O)CCSc2ccc(Cl)cc2)C1. The van der Waals surface area contributed by atoms with Crippen LogP contribution in [0.2, 0.25) is 5.02 Å². The van der Waals surface area contributed by atoms with E-state index in [2.05, 4.69) is 0 Å². The number of aliphatic carboxylic acids is 1. The van der Waals surface area contributed by atoms with Crippen molar-refractivity contribution >= 4 is 35.2 Å². The Morgan fingerprint density at radius 1 is 1.38 bits per heavy atom. The topological polar surface area (TPSA) is 57.6 Å². The molecular formula is C15H18ClNO3S. The van der Waals surface area contributed by atoms with E-state index in [1.165, 1.54) is 0 Å². The quantitative estimate of drug-likeness (QED) is 0.844. The van der Waals surface area contributed by atoms with Gasteiger partial charge in [-0.15, -0.1) is 11.8 Å². The van der Waals surface area contributed by atoms with Crippen molar-refractivity contribution in [1.82, 2.24) is 4.90 Å².